The molecule has 6 heteroatoms. The average Bonchev–Trinajstić information content (AvgIpc) is 2.41. The summed E-state index contributed by atoms with van der Waals surface area (Å²) < 4.78 is 45.8. The minimum Gasteiger partial charge on any atom is -0.481 e. The molecule has 0 spiro atoms. The van der Waals surface area contributed by atoms with Crippen LogP contribution in [0.5, 0.6) is 5.75 Å². The van der Waals surface area contributed by atoms with Gasteiger partial charge in [-0.25, -0.2) is 8.78 Å². The Morgan fingerprint density at radius 2 is 1.90 bits per heavy atom. The molecule has 0 fully saturated rings. The maximum Gasteiger partial charge on any atom is 0.200 e. The van der Waals surface area contributed by atoms with E-state index < -0.39 is 23.6 Å². The van der Waals surface area contributed by atoms with E-state index in [0.717, 1.165) is 6.07 Å². The number of hydrogen-bond acceptors (Lipinski definition) is 2. The summed E-state index contributed by atoms with van der Waals surface area (Å²) in [7, 11) is 0. The summed E-state index contributed by atoms with van der Waals surface area (Å²) in [5, 5.41) is 0. The van der Waals surface area contributed by atoms with E-state index in [1.54, 1.807) is 6.07 Å². The zero-order valence-electron chi connectivity index (χ0n) is 10.2. The normalized spacial score (nSPS) is 12.2. The molecule has 0 aromatic heterocycles. The molecule has 2 rings (SSSR count). The Labute approximate surface area is 122 Å². The summed E-state index contributed by atoms with van der Waals surface area (Å²) in [6, 6.07) is 7.89. The van der Waals surface area contributed by atoms with Crippen LogP contribution in [-0.2, 0) is 0 Å². The summed E-state index contributed by atoms with van der Waals surface area (Å²) in [6.07, 6.45) is -0.770. The summed E-state index contributed by atoms with van der Waals surface area (Å²) in [6.45, 7) is -0.00295. The van der Waals surface area contributed by atoms with Crippen molar-refractivity contribution in [1.29, 1.82) is 0 Å². The van der Waals surface area contributed by atoms with Crippen LogP contribution in [0.25, 0.3) is 0 Å². The van der Waals surface area contributed by atoms with Gasteiger partial charge < -0.3 is 10.5 Å². The Kier molecular flexibility index (Phi) is 4.67. The quantitative estimate of drug-likeness (QED) is 0.851. The maximum absolute atomic E-state index is 13.6. The Morgan fingerprint density at radius 3 is 2.55 bits per heavy atom. The average molecular weight is 346 g/mol. The molecule has 0 heterocycles. The molecule has 2 nitrogen and oxygen atoms in total. The number of rotatable bonds is 4. The monoisotopic (exact) mass is 345 g/mol. The fourth-order valence-corrected chi connectivity index (χ4v) is 2.14. The van der Waals surface area contributed by atoms with Crippen molar-refractivity contribution in [1.82, 2.24) is 0 Å². The lowest BCUT2D eigenvalue weighted by molar-refractivity contribution is 0.201. The molecule has 1 unspecified atom stereocenters. The van der Waals surface area contributed by atoms with Gasteiger partial charge in [-0.3, -0.25) is 0 Å². The number of benzene rings is 2. The van der Waals surface area contributed by atoms with Crippen LogP contribution in [-0.4, -0.2) is 6.54 Å². The molecule has 0 saturated carbocycles. The first kappa shape index (κ1) is 14.9. The van der Waals surface area contributed by atoms with Crippen LogP contribution in [0.2, 0.25) is 0 Å². The lowest BCUT2D eigenvalue weighted by atomic mass is 10.1. The van der Waals surface area contributed by atoms with E-state index in [1.165, 1.54) is 24.3 Å². The fourth-order valence-electron chi connectivity index (χ4n) is 1.73. The molecule has 0 aliphatic carbocycles. The molecule has 0 saturated heterocycles. The molecule has 0 radical (unpaired) electrons. The zero-order chi connectivity index (χ0) is 14.7. The van der Waals surface area contributed by atoms with E-state index in [1.807, 2.05) is 0 Å². The van der Waals surface area contributed by atoms with Crippen LogP contribution < -0.4 is 10.5 Å². The van der Waals surface area contributed by atoms with E-state index in [9.17, 15) is 13.2 Å². The van der Waals surface area contributed by atoms with Crippen LogP contribution >= 0.6 is 15.9 Å². The third kappa shape index (κ3) is 3.32. The molecule has 1 atom stereocenters. The highest BCUT2D eigenvalue weighted by Crippen LogP contribution is 2.29. The Morgan fingerprint density at radius 1 is 1.15 bits per heavy atom. The van der Waals surface area contributed by atoms with E-state index in [2.05, 4.69) is 15.9 Å². The lowest BCUT2D eigenvalue weighted by Gasteiger charge is -2.18. The predicted octanol–water partition coefficient (Wildman–Crippen LogP) is 3.95. The van der Waals surface area contributed by atoms with Gasteiger partial charge in [-0.2, -0.15) is 4.39 Å². The molecular weight excluding hydrogens is 335 g/mol. The molecule has 2 aromatic carbocycles. The summed E-state index contributed by atoms with van der Waals surface area (Å²) in [5.74, 6) is -2.88. The third-order valence-corrected chi connectivity index (χ3v) is 3.12. The van der Waals surface area contributed by atoms with Crippen molar-refractivity contribution in [2.45, 2.75) is 6.10 Å². The van der Waals surface area contributed by atoms with Gasteiger partial charge in [0.25, 0.3) is 0 Å². The van der Waals surface area contributed by atoms with Gasteiger partial charge in [0.15, 0.2) is 11.6 Å². The van der Waals surface area contributed by atoms with Gasteiger partial charge in [-0.1, -0.05) is 28.1 Å². The second kappa shape index (κ2) is 6.28. The third-order valence-electron chi connectivity index (χ3n) is 2.66. The molecule has 106 valence electrons. The minimum atomic E-state index is -1.11. The largest absolute Gasteiger partial charge is 0.481 e. The first-order valence-corrected chi connectivity index (χ1v) is 6.57. The number of ether oxygens (including phenoxy) is 1. The molecule has 20 heavy (non-hydrogen) atoms. The highest BCUT2D eigenvalue weighted by atomic mass is 79.9. The van der Waals surface area contributed by atoms with E-state index in [0.29, 0.717) is 10.0 Å². The van der Waals surface area contributed by atoms with E-state index >= 15 is 0 Å². The molecule has 0 aliphatic rings. The summed E-state index contributed by atoms with van der Waals surface area (Å²) >= 11 is 3.05. The highest BCUT2D eigenvalue weighted by molar-refractivity contribution is 9.10. The molecule has 0 aliphatic heterocycles. The molecule has 2 N–H and O–H groups in total. The first-order valence-electron chi connectivity index (χ1n) is 5.78. The first-order chi connectivity index (χ1) is 9.51. The standard InChI is InChI=1S/C14H11BrF3NO/c15-9-5-11(17)14(18)12(6-9)20-13(7-19)8-2-1-3-10(16)4-8/h1-6,13H,7,19H2. The minimum absolute atomic E-state index is 0.00295. The van der Waals surface area contributed by atoms with Crippen LogP contribution in [0.1, 0.15) is 11.7 Å². The Hall–Kier alpha value is -1.53. The molecular formula is C14H11BrF3NO. The van der Waals surface area contributed by atoms with Crippen molar-refractivity contribution in [3.63, 3.8) is 0 Å². The van der Waals surface area contributed by atoms with Crippen molar-refractivity contribution >= 4 is 15.9 Å². The lowest BCUT2D eigenvalue weighted by Crippen LogP contribution is -2.19. The van der Waals surface area contributed by atoms with Crippen molar-refractivity contribution in [2.75, 3.05) is 6.54 Å². The molecule has 0 amide bonds. The van der Waals surface area contributed by atoms with Gasteiger partial charge in [0.2, 0.25) is 5.82 Å². The van der Waals surface area contributed by atoms with Crippen molar-refractivity contribution in [3.05, 3.63) is 63.9 Å². The van der Waals surface area contributed by atoms with Crippen LogP contribution in [0.3, 0.4) is 0 Å². The van der Waals surface area contributed by atoms with Gasteiger partial charge in [-0.15, -0.1) is 0 Å². The molecule has 2 aromatic rings. The van der Waals surface area contributed by atoms with Crippen LogP contribution in [0, 0.1) is 17.5 Å². The van der Waals surface area contributed by atoms with Crippen LogP contribution in [0.15, 0.2) is 40.9 Å². The number of halogens is 4. The van der Waals surface area contributed by atoms with E-state index in [4.69, 9.17) is 10.5 Å². The van der Waals surface area contributed by atoms with Gasteiger partial charge in [-0.05, 0) is 29.8 Å². The number of nitrogens with two attached hydrogens (primary N) is 1. The SMILES string of the molecule is NCC(Oc1cc(Br)cc(F)c1F)c1cccc(F)c1. The Bertz CT molecular complexity index is 621. The Balaban J connectivity index is 2.31. The van der Waals surface area contributed by atoms with Gasteiger partial charge in [0, 0.05) is 11.0 Å². The summed E-state index contributed by atoms with van der Waals surface area (Å²) in [4.78, 5) is 0. The van der Waals surface area contributed by atoms with Crippen molar-refractivity contribution < 1.29 is 17.9 Å². The highest BCUT2D eigenvalue weighted by Gasteiger charge is 2.17. The smallest absolute Gasteiger partial charge is 0.200 e. The van der Waals surface area contributed by atoms with Gasteiger partial charge >= 0.3 is 0 Å². The zero-order valence-corrected chi connectivity index (χ0v) is 11.8. The van der Waals surface area contributed by atoms with Crippen LogP contribution in [0.4, 0.5) is 13.2 Å². The second-order valence-corrected chi connectivity index (χ2v) is 5.01. The maximum atomic E-state index is 13.6. The fraction of sp³-hybridized carbons (Fsp3) is 0.143. The topological polar surface area (TPSA) is 35.2 Å². The van der Waals surface area contributed by atoms with Gasteiger partial charge in [0.1, 0.15) is 11.9 Å². The molecule has 0 bridgehead atoms. The van der Waals surface area contributed by atoms with Gasteiger partial charge in [0.05, 0.1) is 0 Å². The predicted molar refractivity (Wildman–Crippen MR) is 72.9 cm³/mol. The van der Waals surface area contributed by atoms with E-state index in [-0.39, 0.29) is 12.3 Å². The van der Waals surface area contributed by atoms with Crippen molar-refractivity contribution in [2.24, 2.45) is 5.73 Å². The second-order valence-electron chi connectivity index (χ2n) is 4.10. The van der Waals surface area contributed by atoms with Crippen molar-refractivity contribution in [3.8, 4) is 5.75 Å². The number of hydrogen-bond donors (Lipinski definition) is 1. The summed E-state index contributed by atoms with van der Waals surface area (Å²) in [5.41, 5.74) is 6.00.